The van der Waals surface area contributed by atoms with Crippen molar-refractivity contribution in [3.63, 3.8) is 0 Å². The average Bonchev–Trinajstić information content (AvgIpc) is 3.48. The third-order valence-electron chi connectivity index (χ3n) is 5.90. The van der Waals surface area contributed by atoms with Crippen LogP contribution >= 0.6 is 23.8 Å². The zero-order valence-corrected chi connectivity index (χ0v) is 22.3. The summed E-state index contributed by atoms with van der Waals surface area (Å²) in [6.07, 6.45) is 6.35. The van der Waals surface area contributed by atoms with Crippen LogP contribution in [0.1, 0.15) is 23.5 Å². The Hall–Kier alpha value is -3.67. The summed E-state index contributed by atoms with van der Waals surface area (Å²) in [5, 5.41) is 4.42. The summed E-state index contributed by atoms with van der Waals surface area (Å²) >= 11 is 11.9. The minimum atomic E-state index is -3.55. The lowest BCUT2D eigenvalue weighted by Gasteiger charge is -2.29. The number of nitrogens with zero attached hydrogens (tertiary/aromatic N) is 4. The quantitative estimate of drug-likeness (QED) is 0.323. The van der Waals surface area contributed by atoms with Gasteiger partial charge in [0.25, 0.3) is 0 Å². The van der Waals surface area contributed by atoms with Crippen LogP contribution in [0.4, 0.5) is 11.4 Å². The van der Waals surface area contributed by atoms with E-state index in [-0.39, 0.29) is 12.1 Å². The molecule has 5 rings (SSSR count). The Morgan fingerprint density at radius 2 is 1.95 bits per heavy atom. The zero-order valence-electron chi connectivity index (χ0n) is 19.9. The maximum atomic E-state index is 12.0. The molecule has 0 unspecified atom stereocenters. The second kappa shape index (κ2) is 10.0. The highest BCUT2D eigenvalue weighted by Gasteiger charge is 2.42. The second-order valence-electron chi connectivity index (χ2n) is 8.39. The number of ether oxygens (including phenoxy) is 1. The maximum Gasteiger partial charge on any atom is 0.229 e. The minimum absolute atomic E-state index is 0.303. The molecule has 0 amide bonds. The summed E-state index contributed by atoms with van der Waals surface area (Å²) in [4.78, 5) is 11.0. The number of methoxy groups -OCH3 is 1. The van der Waals surface area contributed by atoms with Crippen LogP contribution in [-0.4, -0.2) is 41.4 Å². The topological polar surface area (TPSA) is 101 Å². The second-order valence-corrected chi connectivity index (χ2v) is 11.0. The molecular formula is C25H23ClN6O3S2. The molecule has 9 nitrogen and oxygen atoms in total. The molecule has 37 heavy (non-hydrogen) atoms. The molecule has 3 aromatic heterocycles. The highest BCUT2D eigenvalue weighted by atomic mass is 35.5. The molecular weight excluding hydrogens is 532 g/mol. The molecule has 0 spiro atoms. The van der Waals surface area contributed by atoms with Crippen LogP contribution in [0.25, 0.3) is 5.82 Å². The number of pyridine rings is 2. The fourth-order valence-corrected chi connectivity index (χ4v) is 5.43. The normalized spacial score (nSPS) is 17.5. The van der Waals surface area contributed by atoms with E-state index in [1.807, 2.05) is 58.1 Å². The van der Waals surface area contributed by atoms with Crippen LogP contribution in [0.15, 0.2) is 79.3 Å². The average molecular weight is 555 g/mol. The van der Waals surface area contributed by atoms with E-state index in [0.29, 0.717) is 33.1 Å². The number of nitrogens with one attached hydrogen (secondary N) is 2. The number of sulfonamides is 1. The lowest BCUT2D eigenvalue weighted by atomic mass is 10.0. The highest BCUT2D eigenvalue weighted by molar-refractivity contribution is 7.92. The number of rotatable bonds is 7. The number of thiocarbonyl (C=S) groups is 1. The van der Waals surface area contributed by atoms with E-state index in [1.165, 1.54) is 7.11 Å². The first-order valence-corrected chi connectivity index (χ1v) is 13.9. The summed E-state index contributed by atoms with van der Waals surface area (Å²) in [6, 6.07) is 17.9. The van der Waals surface area contributed by atoms with E-state index in [1.54, 1.807) is 30.6 Å². The number of hydrogen-bond acceptors (Lipinski definition) is 6. The molecule has 4 aromatic rings. The molecule has 1 aliphatic heterocycles. The number of aromatic nitrogens is 3. The van der Waals surface area contributed by atoms with Crippen molar-refractivity contribution in [2.75, 3.05) is 23.0 Å². The molecule has 0 saturated carbocycles. The van der Waals surface area contributed by atoms with Crippen molar-refractivity contribution in [3.05, 3.63) is 95.7 Å². The first kappa shape index (κ1) is 25.0. The van der Waals surface area contributed by atoms with E-state index in [0.717, 1.165) is 17.6 Å². The molecule has 1 fully saturated rings. The fourth-order valence-electron chi connectivity index (χ4n) is 4.41. The van der Waals surface area contributed by atoms with E-state index in [4.69, 9.17) is 28.6 Å². The van der Waals surface area contributed by atoms with Crippen molar-refractivity contribution >= 4 is 50.3 Å². The molecule has 1 aliphatic rings. The third kappa shape index (κ3) is 5.10. The minimum Gasteiger partial charge on any atom is -0.495 e. The predicted molar refractivity (Wildman–Crippen MR) is 148 cm³/mol. The standard InChI is InChI=1S/C25H23ClN6O3S2/c1-35-21-10-9-17(14-19(21)30-37(2,33)34)32-24(23(29-25(32)36)18-6-3-4-12-27-18)20-7-5-13-31(20)22-11-8-16(26)15-28-22/h3-15,23-24,30H,1-2H3,(H,29,36)/t23-,24-/m1/s1. The van der Waals surface area contributed by atoms with Crippen molar-refractivity contribution in [1.82, 2.24) is 19.9 Å². The molecule has 2 atom stereocenters. The van der Waals surface area contributed by atoms with Crippen LogP contribution in [-0.2, 0) is 10.0 Å². The Bertz CT molecular complexity index is 1540. The van der Waals surface area contributed by atoms with Gasteiger partial charge in [-0.1, -0.05) is 17.7 Å². The lowest BCUT2D eigenvalue weighted by molar-refractivity contribution is 0.417. The third-order valence-corrected chi connectivity index (χ3v) is 7.03. The first-order chi connectivity index (χ1) is 17.7. The molecule has 0 bridgehead atoms. The number of halogens is 1. The summed E-state index contributed by atoms with van der Waals surface area (Å²) in [5.41, 5.74) is 2.67. The molecule has 12 heteroatoms. The van der Waals surface area contributed by atoms with Crippen LogP contribution in [0.2, 0.25) is 5.02 Å². The molecule has 1 saturated heterocycles. The maximum absolute atomic E-state index is 12.0. The van der Waals surface area contributed by atoms with E-state index in [2.05, 4.69) is 20.0 Å². The Labute approximate surface area is 225 Å². The Kier molecular flexibility index (Phi) is 6.76. The van der Waals surface area contributed by atoms with Crippen LogP contribution < -0.4 is 19.7 Å². The lowest BCUT2D eigenvalue weighted by Crippen LogP contribution is -2.30. The fraction of sp³-hybridized carbons (Fsp3) is 0.160. The molecule has 0 radical (unpaired) electrons. The number of benzene rings is 1. The van der Waals surface area contributed by atoms with Gasteiger partial charge in [-0.25, -0.2) is 13.4 Å². The number of hydrogen-bond donors (Lipinski definition) is 2. The van der Waals surface area contributed by atoms with Gasteiger partial charge in [-0.15, -0.1) is 0 Å². The van der Waals surface area contributed by atoms with Crippen LogP contribution in [0, 0.1) is 0 Å². The van der Waals surface area contributed by atoms with Crippen molar-refractivity contribution in [1.29, 1.82) is 0 Å². The van der Waals surface area contributed by atoms with Gasteiger partial charge in [-0.3, -0.25) is 9.71 Å². The molecule has 2 N–H and O–H groups in total. The summed E-state index contributed by atoms with van der Waals surface area (Å²) in [5.74, 6) is 1.08. The zero-order chi connectivity index (χ0) is 26.2. The summed E-state index contributed by atoms with van der Waals surface area (Å²) < 4.78 is 34.0. The van der Waals surface area contributed by atoms with Crippen molar-refractivity contribution in [2.24, 2.45) is 0 Å². The Morgan fingerprint density at radius 1 is 1.11 bits per heavy atom. The van der Waals surface area contributed by atoms with Crippen molar-refractivity contribution in [3.8, 4) is 11.6 Å². The Morgan fingerprint density at radius 3 is 2.62 bits per heavy atom. The highest BCUT2D eigenvalue weighted by Crippen LogP contribution is 2.43. The SMILES string of the molecule is COc1ccc(N2C(=S)N[C@H](c3ccccn3)[C@H]2c2cccn2-c2ccc(Cl)cn2)cc1NS(C)(=O)=O. The van der Waals surface area contributed by atoms with E-state index < -0.39 is 10.0 Å². The van der Waals surface area contributed by atoms with Crippen molar-refractivity contribution < 1.29 is 13.2 Å². The molecule has 0 aliphatic carbocycles. The summed E-state index contributed by atoms with van der Waals surface area (Å²) in [6.45, 7) is 0. The molecule has 4 heterocycles. The largest absolute Gasteiger partial charge is 0.495 e. The Balaban J connectivity index is 1.66. The van der Waals surface area contributed by atoms with Gasteiger partial charge in [-0.2, -0.15) is 0 Å². The van der Waals surface area contributed by atoms with Gasteiger partial charge in [0.2, 0.25) is 10.0 Å². The molecule has 190 valence electrons. The van der Waals surface area contributed by atoms with E-state index >= 15 is 0 Å². The van der Waals surface area contributed by atoms with E-state index in [9.17, 15) is 8.42 Å². The van der Waals surface area contributed by atoms with Gasteiger partial charge in [0, 0.05) is 30.0 Å². The predicted octanol–water partition coefficient (Wildman–Crippen LogP) is 4.48. The van der Waals surface area contributed by atoms with Crippen LogP contribution in [0.5, 0.6) is 5.75 Å². The van der Waals surface area contributed by atoms with Gasteiger partial charge in [0.15, 0.2) is 5.11 Å². The van der Waals surface area contributed by atoms with Gasteiger partial charge < -0.3 is 19.5 Å². The van der Waals surface area contributed by atoms with Gasteiger partial charge in [0.05, 0.1) is 35.8 Å². The monoisotopic (exact) mass is 554 g/mol. The first-order valence-electron chi connectivity index (χ1n) is 11.2. The van der Waals surface area contributed by atoms with Gasteiger partial charge >= 0.3 is 0 Å². The number of anilines is 2. The summed E-state index contributed by atoms with van der Waals surface area (Å²) in [7, 11) is -2.07. The smallest absolute Gasteiger partial charge is 0.229 e. The van der Waals surface area contributed by atoms with Crippen molar-refractivity contribution in [2.45, 2.75) is 12.1 Å². The van der Waals surface area contributed by atoms with Crippen LogP contribution in [0.3, 0.4) is 0 Å². The molecule has 1 aromatic carbocycles. The van der Waals surface area contributed by atoms with Gasteiger partial charge in [-0.05, 0) is 66.8 Å². The van der Waals surface area contributed by atoms with Gasteiger partial charge in [0.1, 0.15) is 17.6 Å².